The minimum atomic E-state index is -0.692. The van der Waals surface area contributed by atoms with Crippen molar-refractivity contribution < 1.29 is 5.11 Å². The average Bonchev–Trinajstić information content (AvgIpc) is 2.14. The van der Waals surface area contributed by atoms with E-state index in [0.717, 1.165) is 24.8 Å². The van der Waals surface area contributed by atoms with Gasteiger partial charge in [0.25, 0.3) is 0 Å². The van der Waals surface area contributed by atoms with Crippen molar-refractivity contribution in [3.8, 4) is 11.8 Å². The lowest BCUT2D eigenvalue weighted by Gasteiger charge is -2.30. The van der Waals surface area contributed by atoms with Crippen molar-refractivity contribution in [1.29, 1.82) is 0 Å². The van der Waals surface area contributed by atoms with Crippen LogP contribution < -0.4 is 0 Å². The average molecular weight is 186 g/mol. The summed E-state index contributed by atoms with van der Waals surface area (Å²) in [6.45, 7) is 2.04. The van der Waals surface area contributed by atoms with Gasteiger partial charge in [0.05, 0.1) is 0 Å². The predicted molar refractivity (Wildman–Crippen MR) is 56.9 cm³/mol. The maximum atomic E-state index is 9.79. The lowest BCUT2D eigenvalue weighted by atomic mass is 9.81. The molecule has 1 nitrogen and oxygen atoms in total. The molecule has 0 saturated heterocycles. The molecule has 0 aromatic heterocycles. The molecule has 1 heteroatoms. The molecule has 72 valence electrons. The lowest BCUT2D eigenvalue weighted by Crippen LogP contribution is -2.34. The van der Waals surface area contributed by atoms with Crippen LogP contribution in [0.3, 0.4) is 0 Å². The summed E-state index contributed by atoms with van der Waals surface area (Å²) in [5.74, 6) is 6.01. The summed E-state index contributed by atoms with van der Waals surface area (Å²) < 4.78 is 0. The van der Waals surface area contributed by atoms with Crippen LogP contribution in [-0.4, -0.2) is 10.7 Å². The standard InChI is InChI=1S/C13H14O/c1-11-5-2-3-6-12(11)7-10-13(14)8-4-9-13/h2-3,5-6,14H,4,8-9H2,1H3. The maximum absolute atomic E-state index is 9.79. The molecule has 1 aromatic carbocycles. The molecular formula is C13H14O. The highest BCUT2D eigenvalue weighted by molar-refractivity contribution is 5.42. The van der Waals surface area contributed by atoms with E-state index in [0.29, 0.717) is 0 Å². The highest BCUT2D eigenvalue weighted by Crippen LogP contribution is 2.30. The van der Waals surface area contributed by atoms with Gasteiger partial charge in [-0.25, -0.2) is 0 Å². The molecule has 1 fully saturated rings. The van der Waals surface area contributed by atoms with Crippen molar-refractivity contribution in [2.24, 2.45) is 0 Å². The van der Waals surface area contributed by atoms with Crippen LogP contribution in [0.2, 0.25) is 0 Å². The van der Waals surface area contributed by atoms with E-state index in [1.54, 1.807) is 0 Å². The van der Waals surface area contributed by atoms with Gasteiger partial charge in [-0.15, -0.1) is 0 Å². The van der Waals surface area contributed by atoms with E-state index in [4.69, 9.17) is 0 Å². The summed E-state index contributed by atoms with van der Waals surface area (Å²) in [4.78, 5) is 0. The molecule has 0 bridgehead atoms. The van der Waals surface area contributed by atoms with E-state index in [1.165, 1.54) is 5.56 Å². The van der Waals surface area contributed by atoms with Crippen molar-refractivity contribution >= 4 is 0 Å². The SMILES string of the molecule is Cc1ccccc1C#CC1(O)CCC1. The molecule has 1 saturated carbocycles. The fourth-order valence-electron chi connectivity index (χ4n) is 1.53. The summed E-state index contributed by atoms with van der Waals surface area (Å²) in [7, 11) is 0. The first-order valence-corrected chi connectivity index (χ1v) is 5.01. The first-order chi connectivity index (χ1) is 6.70. The van der Waals surface area contributed by atoms with E-state index in [2.05, 4.69) is 11.8 Å². The Morgan fingerprint density at radius 3 is 2.57 bits per heavy atom. The zero-order valence-electron chi connectivity index (χ0n) is 8.38. The van der Waals surface area contributed by atoms with Gasteiger partial charge in [-0.2, -0.15) is 0 Å². The molecule has 0 heterocycles. The monoisotopic (exact) mass is 186 g/mol. The smallest absolute Gasteiger partial charge is 0.125 e. The first-order valence-electron chi connectivity index (χ1n) is 5.01. The van der Waals surface area contributed by atoms with E-state index in [1.807, 2.05) is 31.2 Å². The summed E-state index contributed by atoms with van der Waals surface area (Å²) in [5.41, 5.74) is 1.50. The predicted octanol–water partition coefficient (Wildman–Crippen LogP) is 2.26. The van der Waals surface area contributed by atoms with Crippen LogP contribution in [0.1, 0.15) is 30.4 Å². The Morgan fingerprint density at radius 1 is 1.29 bits per heavy atom. The number of hydrogen-bond donors (Lipinski definition) is 1. The normalized spacial score (nSPS) is 17.9. The molecule has 0 radical (unpaired) electrons. The summed E-state index contributed by atoms with van der Waals surface area (Å²) in [5, 5.41) is 9.79. The Kier molecular flexibility index (Phi) is 2.31. The van der Waals surface area contributed by atoms with Gasteiger partial charge in [-0.3, -0.25) is 0 Å². The van der Waals surface area contributed by atoms with Crippen LogP contribution >= 0.6 is 0 Å². The van der Waals surface area contributed by atoms with E-state index < -0.39 is 5.60 Å². The van der Waals surface area contributed by atoms with Gasteiger partial charge in [0.15, 0.2) is 0 Å². The van der Waals surface area contributed by atoms with Crippen molar-refractivity contribution in [2.75, 3.05) is 0 Å². The quantitative estimate of drug-likeness (QED) is 0.616. The number of hydrogen-bond acceptors (Lipinski definition) is 1. The van der Waals surface area contributed by atoms with Crippen molar-refractivity contribution in [2.45, 2.75) is 31.8 Å². The van der Waals surface area contributed by atoms with Crippen LogP contribution in [0.15, 0.2) is 24.3 Å². The highest BCUT2D eigenvalue weighted by atomic mass is 16.3. The number of aliphatic hydroxyl groups is 1. The fourth-order valence-corrected chi connectivity index (χ4v) is 1.53. The van der Waals surface area contributed by atoms with Gasteiger partial charge in [0, 0.05) is 5.56 Å². The molecule has 0 spiro atoms. The Balaban J connectivity index is 2.21. The Bertz CT molecular complexity index is 391. The molecule has 0 unspecified atom stereocenters. The second kappa shape index (κ2) is 3.48. The third kappa shape index (κ3) is 1.81. The fraction of sp³-hybridized carbons (Fsp3) is 0.385. The Morgan fingerprint density at radius 2 is 2.00 bits per heavy atom. The van der Waals surface area contributed by atoms with Crippen molar-refractivity contribution in [3.05, 3.63) is 35.4 Å². The zero-order chi connectivity index (χ0) is 10.0. The third-order valence-corrected chi connectivity index (χ3v) is 2.76. The Labute approximate surface area is 84.8 Å². The number of benzene rings is 1. The maximum Gasteiger partial charge on any atom is 0.125 e. The first kappa shape index (κ1) is 9.30. The summed E-state index contributed by atoms with van der Waals surface area (Å²) >= 11 is 0. The minimum absolute atomic E-state index is 0.692. The highest BCUT2D eigenvalue weighted by Gasteiger charge is 2.31. The molecule has 1 aliphatic rings. The second-order valence-corrected chi connectivity index (χ2v) is 3.95. The molecule has 0 atom stereocenters. The largest absolute Gasteiger partial charge is 0.378 e. The molecule has 14 heavy (non-hydrogen) atoms. The molecule has 0 amide bonds. The van der Waals surface area contributed by atoms with Crippen LogP contribution in [0.4, 0.5) is 0 Å². The molecular weight excluding hydrogens is 172 g/mol. The minimum Gasteiger partial charge on any atom is -0.378 e. The van der Waals surface area contributed by atoms with Gasteiger partial charge >= 0.3 is 0 Å². The van der Waals surface area contributed by atoms with Crippen LogP contribution in [0.5, 0.6) is 0 Å². The molecule has 2 rings (SSSR count). The third-order valence-electron chi connectivity index (χ3n) is 2.76. The van der Waals surface area contributed by atoms with Gasteiger partial charge < -0.3 is 5.11 Å². The summed E-state index contributed by atoms with van der Waals surface area (Å²) in [6.07, 6.45) is 2.75. The van der Waals surface area contributed by atoms with Crippen LogP contribution in [0.25, 0.3) is 0 Å². The van der Waals surface area contributed by atoms with Crippen molar-refractivity contribution in [3.63, 3.8) is 0 Å². The van der Waals surface area contributed by atoms with Gasteiger partial charge in [-0.1, -0.05) is 30.0 Å². The van der Waals surface area contributed by atoms with Gasteiger partial charge in [0.2, 0.25) is 0 Å². The zero-order valence-corrected chi connectivity index (χ0v) is 8.38. The van der Waals surface area contributed by atoms with E-state index >= 15 is 0 Å². The summed E-state index contributed by atoms with van der Waals surface area (Å²) in [6, 6.07) is 8.00. The van der Waals surface area contributed by atoms with Crippen molar-refractivity contribution in [1.82, 2.24) is 0 Å². The number of rotatable bonds is 0. The number of aryl methyl sites for hydroxylation is 1. The van der Waals surface area contributed by atoms with Crippen LogP contribution in [-0.2, 0) is 0 Å². The Hall–Kier alpha value is -1.26. The molecule has 1 N–H and O–H groups in total. The van der Waals surface area contributed by atoms with Crippen LogP contribution in [0, 0.1) is 18.8 Å². The van der Waals surface area contributed by atoms with E-state index in [9.17, 15) is 5.11 Å². The second-order valence-electron chi connectivity index (χ2n) is 3.95. The lowest BCUT2D eigenvalue weighted by molar-refractivity contribution is 0.0240. The van der Waals surface area contributed by atoms with Gasteiger partial charge in [0.1, 0.15) is 5.60 Å². The van der Waals surface area contributed by atoms with E-state index in [-0.39, 0.29) is 0 Å². The molecule has 0 aliphatic heterocycles. The molecule has 1 aromatic rings. The topological polar surface area (TPSA) is 20.2 Å². The molecule has 1 aliphatic carbocycles. The van der Waals surface area contributed by atoms with Gasteiger partial charge in [-0.05, 0) is 37.8 Å².